The Bertz CT molecular complexity index is 988. The maximum atomic E-state index is 13.1. The number of anilines is 1. The molecule has 1 fully saturated rings. The Morgan fingerprint density at radius 2 is 2.00 bits per heavy atom. The van der Waals surface area contributed by atoms with Gasteiger partial charge in [0.05, 0.1) is 31.4 Å². The Morgan fingerprint density at radius 3 is 2.86 bits per heavy atom. The molecule has 7 heteroatoms. The highest BCUT2D eigenvalue weighted by atomic mass is 16.5. The zero-order valence-corrected chi connectivity index (χ0v) is 16.2. The second kappa shape index (κ2) is 7.31. The van der Waals surface area contributed by atoms with E-state index in [4.69, 9.17) is 4.74 Å². The molecule has 152 valence electrons. The van der Waals surface area contributed by atoms with E-state index in [2.05, 4.69) is 4.90 Å². The normalized spacial score (nSPS) is 25.7. The first kappa shape index (κ1) is 18.4. The summed E-state index contributed by atoms with van der Waals surface area (Å²) in [5.74, 6) is 1.18. The Kier molecular flexibility index (Phi) is 4.64. The third-order valence-corrected chi connectivity index (χ3v) is 6.45. The molecule has 0 aliphatic carbocycles. The SMILES string of the molecule is O=C(CN1C[C@H]2C[C@@H](C1)[C@H](CO)n1c2cccc1=O)N1CCOc2ccccc21. The third kappa shape index (κ3) is 3.14. The van der Waals surface area contributed by atoms with E-state index in [-0.39, 0.29) is 36.0 Å². The van der Waals surface area contributed by atoms with Gasteiger partial charge >= 0.3 is 0 Å². The minimum atomic E-state index is -0.225. The van der Waals surface area contributed by atoms with Gasteiger partial charge in [0.15, 0.2) is 0 Å². The van der Waals surface area contributed by atoms with E-state index in [1.807, 2.05) is 35.2 Å². The van der Waals surface area contributed by atoms with Crippen LogP contribution in [-0.4, -0.2) is 59.9 Å². The number of hydrogen-bond acceptors (Lipinski definition) is 5. The average molecular weight is 395 g/mol. The first-order valence-electron chi connectivity index (χ1n) is 10.2. The maximum Gasteiger partial charge on any atom is 0.251 e. The van der Waals surface area contributed by atoms with Crippen molar-refractivity contribution in [1.29, 1.82) is 0 Å². The number of likely N-dealkylation sites (tertiary alicyclic amines) is 1. The van der Waals surface area contributed by atoms with Crippen molar-refractivity contribution in [3.8, 4) is 5.75 Å². The van der Waals surface area contributed by atoms with Gasteiger partial charge in [-0.15, -0.1) is 0 Å². The van der Waals surface area contributed by atoms with Crippen molar-refractivity contribution in [2.24, 2.45) is 5.92 Å². The van der Waals surface area contributed by atoms with Crippen molar-refractivity contribution < 1.29 is 14.6 Å². The molecule has 0 radical (unpaired) electrons. The molecule has 4 heterocycles. The van der Waals surface area contributed by atoms with E-state index >= 15 is 0 Å². The maximum absolute atomic E-state index is 13.1. The fraction of sp³-hybridized carbons (Fsp3) is 0.455. The molecule has 1 saturated heterocycles. The van der Waals surface area contributed by atoms with E-state index < -0.39 is 0 Å². The summed E-state index contributed by atoms with van der Waals surface area (Å²) in [6, 6.07) is 12.7. The molecular formula is C22H25N3O4. The molecule has 0 spiro atoms. The number of piperidine rings is 1. The molecule has 2 aromatic rings. The number of para-hydroxylation sites is 2. The fourth-order valence-electron chi connectivity index (χ4n) is 5.21. The molecule has 3 aliphatic rings. The Labute approximate surface area is 169 Å². The standard InChI is InChI=1S/C22H25N3O4/c26-14-19-16-10-15(17-5-3-7-21(27)25(17)19)11-23(12-16)13-22(28)24-8-9-29-20-6-2-1-4-18(20)24/h1-7,15-16,19,26H,8-14H2/t15-,16+,19+/m1/s1. The summed E-state index contributed by atoms with van der Waals surface area (Å²) in [4.78, 5) is 29.5. The van der Waals surface area contributed by atoms with Crippen LogP contribution in [-0.2, 0) is 4.79 Å². The number of pyridine rings is 1. The summed E-state index contributed by atoms with van der Waals surface area (Å²) in [7, 11) is 0. The second-order valence-corrected chi connectivity index (χ2v) is 8.16. The van der Waals surface area contributed by atoms with E-state index in [9.17, 15) is 14.7 Å². The van der Waals surface area contributed by atoms with Gasteiger partial charge in [-0.25, -0.2) is 0 Å². The number of hydrogen-bond donors (Lipinski definition) is 1. The molecule has 1 amide bonds. The molecule has 1 N–H and O–H groups in total. The number of rotatable bonds is 3. The highest BCUT2D eigenvalue weighted by Gasteiger charge is 2.41. The van der Waals surface area contributed by atoms with E-state index in [0.29, 0.717) is 26.2 Å². The Hall–Kier alpha value is -2.64. The summed E-state index contributed by atoms with van der Waals surface area (Å²) in [5.41, 5.74) is 1.75. The minimum absolute atomic E-state index is 0.0503. The van der Waals surface area contributed by atoms with Crippen molar-refractivity contribution in [1.82, 2.24) is 9.47 Å². The van der Waals surface area contributed by atoms with Crippen molar-refractivity contribution in [3.05, 3.63) is 58.5 Å². The van der Waals surface area contributed by atoms with Crippen LogP contribution in [0.2, 0.25) is 0 Å². The predicted octanol–water partition coefficient (Wildman–Crippen LogP) is 1.23. The van der Waals surface area contributed by atoms with Crippen LogP contribution in [0.4, 0.5) is 5.69 Å². The molecular weight excluding hydrogens is 370 g/mol. The van der Waals surface area contributed by atoms with Crippen LogP contribution in [0, 0.1) is 5.92 Å². The molecule has 0 saturated carbocycles. The van der Waals surface area contributed by atoms with Crippen molar-refractivity contribution >= 4 is 11.6 Å². The molecule has 1 aromatic carbocycles. The molecule has 3 aliphatic heterocycles. The van der Waals surface area contributed by atoms with Gasteiger partial charge in [-0.2, -0.15) is 0 Å². The highest BCUT2D eigenvalue weighted by Crippen LogP contribution is 2.41. The number of aliphatic hydroxyl groups excluding tert-OH is 1. The summed E-state index contributed by atoms with van der Waals surface area (Å²) < 4.78 is 7.44. The van der Waals surface area contributed by atoms with Gasteiger partial charge in [0.2, 0.25) is 5.91 Å². The quantitative estimate of drug-likeness (QED) is 0.846. The third-order valence-electron chi connectivity index (χ3n) is 6.45. The fourth-order valence-corrected chi connectivity index (χ4v) is 5.21. The van der Waals surface area contributed by atoms with E-state index in [0.717, 1.165) is 30.1 Å². The lowest BCUT2D eigenvalue weighted by Crippen LogP contribution is -2.53. The zero-order valence-electron chi connectivity index (χ0n) is 16.2. The first-order chi connectivity index (χ1) is 14.2. The lowest BCUT2D eigenvalue weighted by atomic mass is 9.78. The largest absolute Gasteiger partial charge is 0.490 e. The number of ether oxygens (including phenoxy) is 1. The summed E-state index contributed by atoms with van der Waals surface area (Å²) in [6.45, 7) is 2.77. The van der Waals surface area contributed by atoms with Crippen LogP contribution in [0.5, 0.6) is 5.75 Å². The zero-order chi connectivity index (χ0) is 20.0. The van der Waals surface area contributed by atoms with Crippen LogP contribution >= 0.6 is 0 Å². The molecule has 1 aromatic heterocycles. The minimum Gasteiger partial charge on any atom is -0.490 e. The number of aromatic nitrogens is 1. The van der Waals surface area contributed by atoms with Crippen LogP contribution in [0.25, 0.3) is 0 Å². The topological polar surface area (TPSA) is 75.0 Å². The predicted molar refractivity (Wildman–Crippen MR) is 108 cm³/mol. The molecule has 2 bridgehead atoms. The lowest BCUT2D eigenvalue weighted by molar-refractivity contribution is -0.120. The number of aliphatic hydroxyl groups is 1. The van der Waals surface area contributed by atoms with E-state index in [1.54, 1.807) is 16.7 Å². The highest BCUT2D eigenvalue weighted by molar-refractivity contribution is 5.96. The van der Waals surface area contributed by atoms with Gasteiger partial charge in [0.1, 0.15) is 12.4 Å². The first-order valence-corrected chi connectivity index (χ1v) is 10.2. The number of benzene rings is 1. The monoisotopic (exact) mass is 395 g/mol. The van der Waals surface area contributed by atoms with Crippen molar-refractivity contribution in [3.63, 3.8) is 0 Å². The average Bonchev–Trinajstić information content (AvgIpc) is 2.74. The summed E-state index contributed by atoms with van der Waals surface area (Å²) in [6.07, 6.45) is 0.944. The van der Waals surface area contributed by atoms with Crippen molar-refractivity contribution in [2.45, 2.75) is 18.4 Å². The van der Waals surface area contributed by atoms with Gasteiger partial charge in [0, 0.05) is 30.8 Å². The molecule has 5 rings (SSSR count). The van der Waals surface area contributed by atoms with Crippen LogP contribution < -0.4 is 15.2 Å². The van der Waals surface area contributed by atoms with Gasteiger partial charge in [-0.05, 0) is 30.5 Å². The van der Waals surface area contributed by atoms with Crippen molar-refractivity contribution in [2.75, 3.05) is 44.3 Å². The lowest BCUT2D eigenvalue weighted by Gasteiger charge is -2.46. The van der Waals surface area contributed by atoms with Gasteiger partial charge < -0.3 is 19.3 Å². The van der Waals surface area contributed by atoms with Gasteiger partial charge in [0.25, 0.3) is 5.56 Å². The summed E-state index contributed by atoms with van der Waals surface area (Å²) in [5, 5.41) is 9.99. The van der Waals surface area contributed by atoms with Crippen LogP contribution in [0.15, 0.2) is 47.3 Å². The molecule has 0 unspecified atom stereocenters. The Balaban J connectivity index is 1.37. The van der Waals surface area contributed by atoms with Crippen LogP contribution in [0.1, 0.15) is 24.1 Å². The Morgan fingerprint density at radius 1 is 1.14 bits per heavy atom. The van der Waals surface area contributed by atoms with Gasteiger partial charge in [-0.1, -0.05) is 18.2 Å². The molecule has 29 heavy (non-hydrogen) atoms. The number of carbonyl (C=O) groups excluding carboxylic acids is 1. The second-order valence-electron chi connectivity index (χ2n) is 8.16. The summed E-state index contributed by atoms with van der Waals surface area (Å²) >= 11 is 0. The number of nitrogens with zero attached hydrogens (tertiary/aromatic N) is 3. The van der Waals surface area contributed by atoms with Crippen LogP contribution in [0.3, 0.4) is 0 Å². The van der Waals surface area contributed by atoms with E-state index in [1.165, 1.54) is 0 Å². The molecule has 3 atom stereocenters. The number of fused-ring (bicyclic) bond motifs is 5. The molecule has 7 nitrogen and oxygen atoms in total. The van der Waals surface area contributed by atoms with Gasteiger partial charge in [-0.3, -0.25) is 14.5 Å². The number of amides is 1. The smallest absolute Gasteiger partial charge is 0.251 e. The number of carbonyl (C=O) groups is 1.